The molecule has 4 rings (SSSR count). The van der Waals surface area contributed by atoms with E-state index in [0.717, 1.165) is 30.8 Å². The maximum absolute atomic E-state index is 13.2. The van der Waals surface area contributed by atoms with Crippen LogP contribution in [0.3, 0.4) is 0 Å². The Bertz CT molecular complexity index is 1170. The van der Waals surface area contributed by atoms with Gasteiger partial charge in [0.15, 0.2) is 0 Å². The third-order valence-corrected chi connectivity index (χ3v) is 5.97. The van der Waals surface area contributed by atoms with Gasteiger partial charge in [-0.25, -0.2) is 9.69 Å². The maximum atomic E-state index is 13.2. The largest absolute Gasteiger partial charge is 0.462 e. The van der Waals surface area contributed by atoms with Crippen LogP contribution in [-0.4, -0.2) is 48.3 Å². The molecule has 9 heteroatoms. The smallest absolute Gasteiger partial charge is 0.340 e. The number of hydrogen-bond acceptors (Lipinski definition) is 6. The van der Waals surface area contributed by atoms with Crippen LogP contribution < -0.4 is 10.2 Å². The van der Waals surface area contributed by atoms with Crippen molar-refractivity contribution in [2.24, 2.45) is 0 Å². The summed E-state index contributed by atoms with van der Waals surface area (Å²) in [6.45, 7) is 3.59. The van der Waals surface area contributed by atoms with Crippen LogP contribution in [0.2, 0.25) is 0 Å². The molecule has 34 heavy (non-hydrogen) atoms. The molecule has 2 aromatic rings. The van der Waals surface area contributed by atoms with Gasteiger partial charge in [0.2, 0.25) is 0 Å². The summed E-state index contributed by atoms with van der Waals surface area (Å²) in [7, 11) is 0. The van der Waals surface area contributed by atoms with Crippen molar-refractivity contribution < 1.29 is 23.9 Å². The van der Waals surface area contributed by atoms with Gasteiger partial charge in [0.05, 0.1) is 17.9 Å². The second kappa shape index (κ2) is 10.1. The molecule has 2 aliphatic rings. The molecule has 176 valence electrons. The number of hydrogen-bond donors (Lipinski definition) is 1. The number of ether oxygens (including phenoxy) is 1. The van der Waals surface area contributed by atoms with Crippen LogP contribution in [-0.2, 0) is 14.3 Å². The summed E-state index contributed by atoms with van der Waals surface area (Å²) in [6, 6.07) is 12.8. The van der Waals surface area contributed by atoms with Crippen LogP contribution in [0.4, 0.5) is 11.4 Å². The summed E-state index contributed by atoms with van der Waals surface area (Å²) in [5, 5.41) is 2.59. The summed E-state index contributed by atoms with van der Waals surface area (Å²) in [6.07, 6.45) is 2.65. The fourth-order valence-corrected chi connectivity index (χ4v) is 4.10. The topological polar surface area (TPSA) is 96.0 Å². The first-order valence-electron chi connectivity index (χ1n) is 11.1. The van der Waals surface area contributed by atoms with Gasteiger partial charge in [-0.2, -0.15) is 0 Å². The van der Waals surface area contributed by atoms with Crippen LogP contribution in [0, 0.1) is 0 Å². The molecule has 1 fully saturated rings. The lowest BCUT2D eigenvalue weighted by atomic mass is 10.1. The Balaban J connectivity index is 1.53. The van der Waals surface area contributed by atoms with E-state index >= 15 is 0 Å². The number of nitrogens with one attached hydrogen (secondary N) is 1. The van der Waals surface area contributed by atoms with Gasteiger partial charge in [-0.3, -0.25) is 14.4 Å². The predicted molar refractivity (Wildman–Crippen MR) is 128 cm³/mol. The van der Waals surface area contributed by atoms with Crippen molar-refractivity contribution >= 4 is 46.7 Å². The predicted octanol–water partition coefficient (Wildman–Crippen LogP) is 3.93. The summed E-state index contributed by atoms with van der Waals surface area (Å²) in [5.74, 6) is -2.10. The van der Waals surface area contributed by atoms with E-state index in [9.17, 15) is 19.2 Å². The minimum absolute atomic E-state index is 0.0360. The monoisotopic (exact) mass is 481 g/mol. The fourth-order valence-electron chi connectivity index (χ4n) is 3.89. The Kier molecular flexibility index (Phi) is 6.98. The zero-order chi connectivity index (χ0) is 24.2. The molecule has 0 saturated carbocycles. The molecule has 1 saturated heterocycles. The van der Waals surface area contributed by atoms with Crippen molar-refractivity contribution in [2.45, 2.75) is 26.2 Å². The van der Waals surface area contributed by atoms with Gasteiger partial charge in [0.25, 0.3) is 17.7 Å². The number of anilines is 2. The van der Waals surface area contributed by atoms with Gasteiger partial charge in [-0.15, -0.1) is 0 Å². The highest BCUT2D eigenvalue weighted by atomic mass is 35.5. The van der Waals surface area contributed by atoms with E-state index in [1.165, 1.54) is 12.1 Å². The zero-order valence-electron chi connectivity index (χ0n) is 18.7. The number of halogens is 1. The Labute approximate surface area is 202 Å². The molecule has 0 bridgehead atoms. The number of nitrogens with zero attached hydrogens (tertiary/aromatic N) is 2. The lowest BCUT2D eigenvalue weighted by Crippen LogP contribution is -2.33. The molecular formula is C25H24ClN3O5. The molecule has 0 spiro atoms. The van der Waals surface area contributed by atoms with E-state index in [1.54, 1.807) is 36.4 Å². The molecule has 1 N–H and O–H groups in total. The summed E-state index contributed by atoms with van der Waals surface area (Å²) in [5.41, 5.74) is 1.11. The maximum Gasteiger partial charge on any atom is 0.340 e. The standard InChI is InChI=1S/C25H24ClN3O5/c1-2-15-34-25(33)18-7-3-4-8-19(18)29-23(31)20(26)21(24(29)32)27-17-11-9-16(10-12-17)22(30)28-13-5-6-14-28/h3-4,7-12,27H,2,5-6,13-15H2,1H3. The van der Waals surface area contributed by atoms with Crippen LogP contribution in [0.25, 0.3) is 0 Å². The SMILES string of the molecule is CCCOC(=O)c1ccccc1N1C(=O)C(Cl)=C(Nc2ccc(C(=O)N3CCCC3)cc2)C1=O. The lowest BCUT2D eigenvalue weighted by molar-refractivity contribution is -0.120. The molecule has 8 nitrogen and oxygen atoms in total. The molecular weight excluding hydrogens is 458 g/mol. The minimum Gasteiger partial charge on any atom is -0.462 e. The molecule has 2 aromatic carbocycles. The Morgan fingerprint density at radius 2 is 1.68 bits per heavy atom. The number of imide groups is 1. The molecule has 2 heterocycles. The van der Waals surface area contributed by atoms with Gasteiger partial charge in [0.1, 0.15) is 10.7 Å². The van der Waals surface area contributed by atoms with Crippen molar-refractivity contribution in [3.05, 3.63) is 70.4 Å². The first kappa shape index (κ1) is 23.5. The third kappa shape index (κ3) is 4.54. The number of rotatable bonds is 7. The van der Waals surface area contributed by atoms with Crippen molar-refractivity contribution in [1.29, 1.82) is 0 Å². The Morgan fingerprint density at radius 3 is 2.35 bits per heavy atom. The average Bonchev–Trinajstić information content (AvgIpc) is 3.46. The Morgan fingerprint density at radius 1 is 1.00 bits per heavy atom. The molecule has 0 aromatic heterocycles. The summed E-state index contributed by atoms with van der Waals surface area (Å²) >= 11 is 6.23. The van der Waals surface area contributed by atoms with Crippen LogP contribution >= 0.6 is 11.6 Å². The highest BCUT2D eigenvalue weighted by molar-refractivity contribution is 6.53. The summed E-state index contributed by atoms with van der Waals surface area (Å²) in [4.78, 5) is 53.7. The van der Waals surface area contributed by atoms with E-state index in [2.05, 4.69) is 5.32 Å². The number of esters is 1. The van der Waals surface area contributed by atoms with Crippen molar-refractivity contribution in [3.8, 4) is 0 Å². The molecule has 2 aliphatic heterocycles. The fraction of sp³-hybridized carbons (Fsp3) is 0.280. The first-order valence-corrected chi connectivity index (χ1v) is 11.5. The second-order valence-electron chi connectivity index (χ2n) is 7.99. The van der Waals surface area contributed by atoms with Gasteiger partial charge < -0.3 is 15.0 Å². The van der Waals surface area contributed by atoms with Crippen molar-refractivity contribution in [2.75, 3.05) is 29.9 Å². The number of carbonyl (C=O) groups is 4. The lowest BCUT2D eigenvalue weighted by Gasteiger charge is -2.18. The van der Waals surface area contributed by atoms with Crippen LogP contribution in [0.15, 0.2) is 59.3 Å². The molecule has 0 radical (unpaired) electrons. The zero-order valence-corrected chi connectivity index (χ0v) is 19.4. The third-order valence-electron chi connectivity index (χ3n) is 5.62. The molecule has 0 unspecified atom stereocenters. The second-order valence-corrected chi connectivity index (χ2v) is 8.37. The first-order chi connectivity index (χ1) is 16.4. The molecule has 3 amide bonds. The quantitative estimate of drug-likeness (QED) is 0.475. The van der Waals surface area contributed by atoms with Crippen molar-refractivity contribution in [1.82, 2.24) is 4.90 Å². The number of likely N-dealkylation sites (tertiary alicyclic amines) is 1. The molecule has 0 aliphatic carbocycles. The van der Waals surface area contributed by atoms with Gasteiger partial charge >= 0.3 is 5.97 Å². The Hall–Kier alpha value is -3.65. The van der Waals surface area contributed by atoms with Crippen LogP contribution in [0.1, 0.15) is 46.9 Å². The number of para-hydroxylation sites is 1. The molecule has 0 atom stereocenters. The van der Waals surface area contributed by atoms with E-state index in [1.807, 2.05) is 11.8 Å². The van der Waals surface area contributed by atoms with Crippen molar-refractivity contribution in [3.63, 3.8) is 0 Å². The number of benzene rings is 2. The van der Waals surface area contributed by atoms with E-state index < -0.39 is 17.8 Å². The highest BCUT2D eigenvalue weighted by Crippen LogP contribution is 2.32. The average molecular weight is 482 g/mol. The van der Waals surface area contributed by atoms with E-state index in [0.29, 0.717) is 17.7 Å². The van der Waals surface area contributed by atoms with Gasteiger partial charge in [-0.1, -0.05) is 30.7 Å². The summed E-state index contributed by atoms with van der Waals surface area (Å²) < 4.78 is 5.18. The number of amides is 3. The van der Waals surface area contributed by atoms with E-state index in [-0.39, 0.29) is 34.5 Å². The normalized spacial score (nSPS) is 15.8. The number of carbonyl (C=O) groups excluding carboxylic acids is 4. The van der Waals surface area contributed by atoms with Crippen LogP contribution in [0.5, 0.6) is 0 Å². The van der Waals surface area contributed by atoms with E-state index in [4.69, 9.17) is 16.3 Å². The minimum atomic E-state index is -0.745. The highest BCUT2D eigenvalue weighted by Gasteiger charge is 2.40. The van der Waals surface area contributed by atoms with Gasteiger partial charge in [0, 0.05) is 24.3 Å². The van der Waals surface area contributed by atoms with Gasteiger partial charge in [-0.05, 0) is 55.7 Å².